The molecule has 0 saturated heterocycles. The molecule has 108 valence electrons. The SMILES string of the molecule is CCCCCCCCCCCC(=O)N(O)CCC. The van der Waals surface area contributed by atoms with E-state index in [1.54, 1.807) is 0 Å². The van der Waals surface area contributed by atoms with E-state index in [9.17, 15) is 10.0 Å². The third-order valence-electron chi connectivity index (χ3n) is 3.22. The lowest BCUT2D eigenvalue weighted by atomic mass is 10.1. The average Bonchev–Trinajstić information content (AvgIpc) is 2.36. The maximum Gasteiger partial charge on any atom is 0.245 e. The Bertz CT molecular complexity index is 195. The summed E-state index contributed by atoms with van der Waals surface area (Å²) in [6.07, 6.45) is 12.5. The van der Waals surface area contributed by atoms with Gasteiger partial charge in [0.2, 0.25) is 5.91 Å². The van der Waals surface area contributed by atoms with Gasteiger partial charge in [-0.1, -0.05) is 65.2 Å². The van der Waals surface area contributed by atoms with E-state index in [0.29, 0.717) is 13.0 Å². The van der Waals surface area contributed by atoms with E-state index < -0.39 is 0 Å². The molecule has 1 amide bonds. The fraction of sp³-hybridized carbons (Fsp3) is 0.933. The lowest BCUT2D eigenvalue weighted by Gasteiger charge is -2.13. The van der Waals surface area contributed by atoms with Crippen molar-refractivity contribution in [1.82, 2.24) is 5.06 Å². The molecule has 0 aromatic carbocycles. The maximum atomic E-state index is 11.4. The van der Waals surface area contributed by atoms with E-state index >= 15 is 0 Å². The summed E-state index contributed by atoms with van der Waals surface area (Å²) in [4.78, 5) is 11.4. The van der Waals surface area contributed by atoms with Gasteiger partial charge in [0.25, 0.3) is 0 Å². The van der Waals surface area contributed by atoms with Gasteiger partial charge in [-0.15, -0.1) is 0 Å². The summed E-state index contributed by atoms with van der Waals surface area (Å²) in [5.41, 5.74) is 0. The molecule has 0 aliphatic heterocycles. The highest BCUT2D eigenvalue weighted by Crippen LogP contribution is 2.10. The van der Waals surface area contributed by atoms with Crippen molar-refractivity contribution >= 4 is 5.91 Å². The largest absolute Gasteiger partial charge is 0.286 e. The molecule has 0 aromatic heterocycles. The number of carbonyl (C=O) groups excluding carboxylic acids is 1. The number of hydroxylamine groups is 2. The fourth-order valence-electron chi connectivity index (χ4n) is 2.05. The summed E-state index contributed by atoms with van der Waals surface area (Å²) in [5.74, 6) is -0.125. The summed E-state index contributed by atoms with van der Waals surface area (Å²) >= 11 is 0. The highest BCUT2D eigenvalue weighted by molar-refractivity contribution is 5.74. The van der Waals surface area contributed by atoms with E-state index in [2.05, 4.69) is 6.92 Å². The number of hydrogen-bond acceptors (Lipinski definition) is 2. The summed E-state index contributed by atoms with van der Waals surface area (Å²) in [6, 6.07) is 0. The van der Waals surface area contributed by atoms with Gasteiger partial charge < -0.3 is 0 Å². The second-order valence-electron chi connectivity index (χ2n) is 5.10. The van der Waals surface area contributed by atoms with Crippen LogP contribution in [0, 0.1) is 0 Å². The summed E-state index contributed by atoms with van der Waals surface area (Å²) in [6.45, 7) is 4.64. The van der Waals surface area contributed by atoms with Gasteiger partial charge in [-0.3, -0.25) is 10.0 Å². The van der Waals surface area contributed by atoms with Crippen LogP contribution < -0.4 is 0 Å². The molecule has 0 aliphatic rings. The number of nitrogens with zero attached hydrogens (tertiary/aromatic N) is 1. The summed E-state index contributed by atoms with van der Waals surface area (Å²) < 4.78 is 0. The maximum absolute atomic E-state index is 11.4. The fourth-order valence-corrected chi connectivity index (χ4v) is 2.05. The van der Waals surface area contributed by atoms with Crippen LogP contribution in [0.5, 0.6) is 0 Å². The van der Waals surface area contributed by atoms with Crippen LogP contribution in [-0.4, -0.2) is 22.7 Å². The summed E-state index contributed by atoms with van der Waals surface area (Å²) in [7, 11) is 0. The lowest BCUT2D eigenvalue weighted by Crippen LogP contribution is -2.27. The molecular weight excluding hydrogens is 226 g/mol. The number of rotatable bonds is 12. The Kier molecular flexibility index (Phi) is 12.5. The Hall–Kier alpha value is -0.570. The highest BCUT2D eigenvalue weighted by Gasteiger charge is 2.08. The zero-order valence-electron chi connectivity index (χ0n) is 12.3. The highest BCUT2D eigenvalue weighted by atomic mass is 16.5. The van der Waals surface area contributed by atoms with Gasteiger partial charge in [0, 0.05) is 13.0 Å². The van der Waals surface area contributed by atoms with Gasteiger partial charge in [-0.2, -0.15) is 0 Å². The Morgan fingerprint density at radius 1 is 0.833 bits per heavy atom. The van der Waals surface area contributed by atoms with E-state index in [4.69, 9.17) is 0 Å². The number of amides is 1. The molecule has 0 spiro atoms. The molecule has 18 heavy (non-hydrogen) atoms. The molecule has 0 atom stereocenters. The normalized spacial score (nSPS) is 10.6. The van der Waals surface area contributed by atoms with Crippen LogP contribution in [0.1, 0.15) is 84.5 Å². The average molecular weight is 257 g/mol. The van der Waals surface area contributed by atoms with Crippen molar-refractivity contribution in [2.45, 2.75) is 84.5 Å². The molecule has 1 N–H and O–H groups in total. The van der Waals surface area contributed by atoms with E-state index in [-0.39, 0.29) is 5.91 Å². The minimum absolute atomic E-state index is 0.125. The van der Waals surface area contributed by atoms with Crippen molar-refractivity contribution in [3.63, 3.8) is 0 Å². The predicted octanol–water partition coefficient (Wildman–Crippen LogP) is 4.54. The number of hydrogen-bond donors (Lipinski definition) is 1. The van der Waals surface area contributed by atoms with Crippen molar-refractivity contribution in [1.29, 1.82) is 0 Å². The van der Waals surface area contributed by atoms with Gasteiger partial charge in [0.1, 0.15) is 0 Å². The third kappa shape index (κ3) is 10.6. The molecule has 0 rings (SSSR count). The molecule has 3 nitrogen and oxygen atoms in total. The van der Waals surface area contributed by atoms with Crippen LogP contribution in [-0.2, 0) is 4.79 Å². The monoisotopic (exact) mass is 257 g/mol. The first-order chi connectivity index (χ1) is 8.72. The topological polar surface area (TPSA) is 40.5 Å². The minimum Gasteiger partial charge on any atom is -0.286 e. The van der Waals surface area contributed by atoms with Crippen molar-refractivity contribution in [2.75, 3.05) is 6.54 Å². The van der Waals surface area contributed by atoms with Gasteiger partial charge >= 0.3 is 0 Å². The first-order valence-electron chi connectivity index (χ1n) is 7.71. The first-order valence-corrected chi connectivity index (χ1v) is 7.71. The molecule has 0 aromatic rings. The Morgan fingerprint density at radius 3 is 1.83 bits per heavy atom. The summed E-state index contributed by atoms with van der Waals surface area (Å²) in [5, 5.41) is 10.2. The second kappa shape index (κ2) is 12.9. The molecule has 0 radical (unpaired) electrons. The molecular formula is C15H31NO2. The van der Waals surface area contributed by atoms with E-state index in [1.807, 2.05) is 6.92 Å². The molecule has 0 saturated carbocycles. The van der Waals surface area contributed by atoms with Crippen molar-refractivity contribution in [3.8, 4) is 0 Å². The zero-order valence-corrected chi connectivity index (χ0v) is 12.3. The van der Waals surface area contributed by atoms with Gasteiger partial charge in [-0.05, 0) is 12.8 Å². The molecule has 3 heteroatoms. The molecule has 0 fully saturated rings. The van der Waals surface area contributed by atoms with E-state index in [1.165, 1.54) is 44.9 Å². The van der Waals surface area contributed by atoms with Crippen molar-refractivity contribution in [3.05, 3.63) is 0 Å². The van der Waals surface area contributed by atoms with Crippen LogP contribution >= 0.6 is 0 Å². The van der Waals surface area contributed by atoms with Crippen LogP contribution in [0.25, 0.3) is 0 Å². The van der Waals surface area contributed by atoms with Gasteiger partial charge in [0.15, 0.2) is 0 Å². The standard InChI is InChI=1S/C15H31NO2/c1-3-5-6-7-8-9-10-11-12-13-15(17)16(18)14-4-2/h18H,3-14H2,1-2H3. The number of carbonyl (C=O) groups is 1. The molecule has 0 bridgehead atoms. The smallest absolute Gasteiger partial charge is 0.245 e. The third-order valence-corrected chi connectivity index (χ3v) is 3.22. The lowest BCUT2D eigenvalue weighted by molar-refractivity contribution is -0.165. The second-order valence-corrected chi connectivity index (χ2v) is 5.10. The molecule has 0 heterocycles. The van der Waals surface area contributed by atoms with Crippen LogP contribution in [0.2, 0.25) is 0 Å². The molecule has 0 aliphatic carbocycles. The Balaban J connectivity index is 3.22. The van der Waals surface area contributed by atoms with Crippen LogP contribution in [0.3, 0.4) is 0 Å². The van der Waals surface area contributed by atoms with Crippen molar-refractivity contribution < 1.29 is 10.0 Å². The van der Waals surface area contributed by atoms with E-state index in [0.717, 1.165) is 24.3 Å². The Morgan fingerprint density at radius 2 is 1.33 bits per heavy atom. The van der Waals surface area contributed by atoms with Gasteiger partial charge in [0.05, 0.1) is 0 Å². The van der Waals surface area contributed by atoms with Gasteiger partial charge in [-0.25, -0.2) is 5.06 Å². The number of unbranched alkanes of at least 4 members (excludes halogenated alkanes) is 8. The van der Waals surface area contributed by atoms with Crippen molar-refractivity contribution in [2.24, 2.45) is 0 Å². The first kappa shape index (κ1) is 17.4. The van der Waals surface area contributed by atoms with Crippen LogP contribution in [0.15, 0.2) is 0 Å². The van der Waals surface area contributed by atoms with Crippen LogP contribution in [0.4, 0.5) is 0 Å². The minimum atomic E-state index is -0.125. The predicted molar refractivity (Wildman–Crippen MR) is 75.6 cm³/mol. The quantitative estimate of drug-likeness (QED) is 0.317. The molecule has 0 unspecified atom stereocenters. The Labute approximate surface area is 113 Å². The zero-order chi connectivity index (χ0) is 13.6.